The minimum atomic E-state index is 0.430. The predicted octanol–water partition coefficient (Wildman–Crippen LogP) is 4.32. The fourth-order valence-corrected chi connectivity index (χ4v) is 3.67. The minimum Gasteiger partial charge on any atom is -0.389 e. The van der Waals surface area contributed by atoms with Crippen LogP contribution in [0.2, 0.25) is 0 Å². The fraction of sp³-hybridized carbons (Fsp3) is 0.533. The van der Waals surface area contributed by atoms with Crippen molar-refractivity contribution in [3.8, 4) is 0 Å². The van der Waals surface area contributed by atoms with Crippen LogP contribution in [-0.2, 0) is 0 Å². The molecule has 4 heteroatoms. The molecule has 1 aromatic carbocycles. The first-order chi connectivity index (χ1) is 9.08. The van der Waals surface area contributed by atoms with Gasteiger partial charge in [0.15, 0.2) is 0 Å². The Morgan fingerprint density at radius 2 is 2.16 bits per heavy atom. The standard InChI is InChI=1S/C15H21BrN2S/c1-10-4-2-3-5-11(10)9-18-12-6-7-13(15(17)19)14(16)8-12/h6-8,10-11,18H,2-5,9H2,1H3,(H2,17,19). The van der Waals surface area contributed by atoms with Crippen molar-refractivity contribution in [2.24, 2.45) is 17.6 Å². The highest BCUT2D eigenvalue weighted by Crippen LogP contribution is 2.30. The number of hydrogen-bond donors (Lipinski definition) is 2. The summed E-state index contributed by atoms with van der Waals surface area (Å²) in [5.74, 6) is 1.63. The number of hydrogen-bond acceptors (Lipinski definition) is 2. The van der Waals surface area contributed by atoms with Crippen LogP contribution in [0.3, 0.4) is 0 Å². The largest absolute Gasteiger partial charge is 0.389 e. The molecule has 0 spiro atoms. The normalized spacial score (nSPS) is 23.1. The van der Waals surface area contributed by atoms with E-state index in [1.165, 1.54) is 25.7 Å². The first-order valence-corrected chi connectivity index (χ1v) is 8.11. The Kier molecular flexibility index (Phi) is 5.22. The van der Waals surface area contributed by atoms with Crippen LogP contribution in [0.4, 0.5) is 5.69 Å². The van der Waals surface area contributed by atoms with Gasteiger partial charge in [-0.25, -0.2) is 0 Å². The second kappa shape index (κ2) is 6.71. The van der Waals surface area contributed by atoms with Crippen molar-refractivity contribution in [2.75, 3.05) is 11.9 Å². The van der Waals surface area contributed by atoms with E-state index in [1.54, 1.807) is 0 Å². The van der Waals surface area contributed by atoms with Crippen molar-refractivity contribution in [1.82, 2.24) is 0 Å². The zero-order valence-electron chi connectivity index (χ0n) is 11.3. The van der Waals surface area contributed by atoms with E-state index in [-0.39, 0.29) is 0 Å². The SMILES string of the molecule is CC1CCCCC1CNc1ccc(C(N)=S)c(Br)c1. The third-order valence-electron chi connectivity index (χ3n) is 4.09. The number of thiocarbonyl (C=S) groups is 1. The van der Waals surface area contributed by atoms with Crippen molar-refractivity contribution in [3.63, 3.8) is 0 Å². The monoisotopic (exact) mass is 340 g/mol. The molecule has 1 saturated carbocycles. The molecule has 3 N–H and O–H groups in total. The van der Waals surface area contributed by atoms with Crippen LogP contribution >= 0.6 is 28.1 Å². The Balaban J connectivity index is 1.96. The van der Waals surface area contributed by atoms with Crippen molar-refractivity contribution < 1.29 is 0 Å². The Morgan fingerprint density at radius 3 is 2.79 bits per heavy atom. The van der Waals surface area contributed by atoms with Gasteiger partial charge in [-0.2, -0.15) is 0 Å². The summed E-state index contributed by atoms with van der Waals surface area (Å²) in [5.41, 5.74) is 7.68. The molecule has 1 aromatic rings. The van der Waals surface area contributed by atoms with Crippen molar-refractivity contribution in [1.29, 1.82) is 0 Å². The van der Waals surface area contributed by atoms with Gasteiger partial charge >= 0.3 is 0 Å². The van der Waals surface area contributed by atoms with Crippen LogP contribution in [-0.4, -0.2) is 11.5 Å². The molecule has 0 aliphatic heterocycles. The first kappa shape index (κ1) is 14.8. The zero-order valence-corrected chi connectivity index (χ0v) is 13.7. The summed E-state index contributed by atoms with van der Waals surface area (Å²) in [6.45, 7) is 3.43. The molecular formula is C15H21BrN2S. The fourth-order valence-electron chi connectivity index (χ4n) is 2.77. The third kappa shape index (κ3) is 3.93. The van der Waals surface area contributed by atoms with Gasteiger partial charge in [0.05, 0.1) is 0 Å². The molecule has 104 valence electrons. The third-order valence-corrected chi connectivity index (χ3v) is 4.97. The highest BCUT2D eigenvalue weighted by atomic mass is 79.9. The van der Waals surface area contributed by atoms with Gasteiger partial charge < -0.3 is 11.1 Å². The molecular weight excluding hydrogens is 320 g/mol. The summed E-state index contributed by atoms with van der Waals surface area (Å²) in [6.07, 6.45) is 5.49. The molecule has 2 atom stereocenters. The predicted molar refractivity (Wildman–Crippen MR) is 89.6 cm³/mol. The molecule has 0 aromatic heterocycles. The lowest BCUT2D eigenvalue weighted by Gasteiger charge is -2.29. The molecule has 2 rings (SSSR count). The Labute approximate surface area is 129 Å². The van der Waals surface area contributed by atoms with Gasteiger partial charge in [0.25, 0.3) is 0 Å². The number of anilines is 1. The lowest BCUT2D eigenvalue weighted by Crippen LogP contribution is -2.24. The van der Waals surface area contributed by atoms with E-state index in [0.717, 1.165) is 34.1 Å². The maximum absolute atomic E-state index is 5.65. The van der Waals surface area contributed by atoms with E-state index in [2.05, 4.69) is 34.2 Å². The Hall–Kier alpha value is -0.610. The average Bonchev–Trinajstić information content (AvgIpc) is 2.37. The molecule has 0 amide bonds. The number of nitrogens with one attached hydrogen (secondary N) is 1. The van der Waals surface area contributed by atoms with Gasteiger partial charge in [-0.3, -0.25) is 0 Å². The first-order valence-electron chi connectivity index (χ1n) is 6.91. The zero-order chi connectivity index (χ0) is 13.8. The number of halogens is 1. The molecule has 19 heavy (non-hydrogen) atoms. The number of benzene rings is 1. The lowest BCUT2D eigenvalue weighted by molar-refractivity contribution is 0.268. The van der Waals surface area contributed by atoms with Crippen LogP contribution in [0, 0.1) is 11.8 Å². The van der Waals surface area contributed by atoms with Gasteiger partial charge in [0, 0.05) is 22.3 Å². The summed E-state index contributed by atoms with van der Waals surface area (Å²) >= 11 is 8.52. The van der Waals surface area contributed by atoms with Crippen molar-refractivity contribution in [3.05, 3.63) is 28.2 Å². The van der Waals surface area contributed by atoms with Gasteiger partial charge in [-0.15, -0.1) is 0 Å². The summed E-state index contributed by atoms with van der Waals surface area (Å²) in [4.78, 5) is 0.430. The molecule has 0 saturated heterocycles. The quantitative estimate of drug-likeness (QED) is 0.801. The van der Waals surface area contributed by atoms with Crippen LogP contribution in [0.15, 0.2) is 22.7 Å². The highest BCUT2D eigenvalue weighted by molar-refractivity contribution is 9.10. The maximum Gasteiger partial charge on any atom is 0.105 e. The smallest absolute Gasteiger partial charge is 0.105 e. The molecule has 0 bridgehead atoms. The van der Waals surface area contributed by atoms with Gasteiger partial charge in [0.2, 0.25) is 0 Å². The van der Waals surface area contributed by atoms with Crippen molar-refractivity contribution in [2.45, 2.75) is 32.6 Å². The molecule has 2 unspecified atom stereocenters. The number of nitrogens with two attached hydrogens (primary N) is 1. The van der Waals surface area contributed by atoms with Gasteiger partial charge in [-0.05, 0) is 52.4 Å². The Morgan fingerprint density at radius 1 is 1.42 bits per heavy atom. The van der Waals surface area contributed by atoms with Crippen LogP contribution in [0.25, 0.3) is 0 Å². The molecule has 2 nitrogen and oxygen atoms in total. The lowest BCUT2D eigenvalue weighted by atomic mass is 9.80. The molecule has 1 fully saturated rings. The molecule has 0 heterocycles. The molecule has 0 radical (unpaired) electrons. The van der Waals surface area contributed by atoms with Gasteiger partial charge in [-0.1, -0.05) is 38.4 Å². The van der Waals surface area contributed by atoms with E-state index in [0.29, 0.717) is 4.99 Å². The summed E-state index contributed by atoms with van der Waals surface area (Å²) in [6, 6.07) is 6.08. The number of rotatable bonds is 4. The summed E-state index contributed by atoms with van der Waals surface area (Å²) < 4.78 is 0.960. The van der Waals surface area contributed by atoms with E-state index in [1.807, 2.05) is 12.1 Å². The van der Waals surface area contributed by atoms with Crippen molar-refractivity contribution >= 4 is 38.8 Å². The Bertz CT molecular complexity index is 461. The highest BCUT2D eigenvalue weighted by Gasteiger charge is 2.20. The molecule has 1 aliphatic rings. The second-order valence-corrected chi connectivity index (χ2v) is 6.76. The van der Waals surface area contributed by atoms with Crippen LogP contribution in [0.1, 0.15) is 38.2 Å². The summed E-state index contributed by atoms with van der Waals surface area (Å²) in [7, 11) is 0. The van der Waals surface area contributed by atoms with E-state index < -0.39 is 0 Å². The summed E-state index contributed by atoms with van der Waals surface area (Å²) in [5, 5.41) is 3.54. The van der Waals surface area contributed by atoms with Crippen LogP contribution < -0.4 is 11.1 Å². The van der Waals surface area contributed by atoms with E-state index in [9.17, 15) is 0 Å². The molecule has 1 aliphatic carbocycles. The minimum absolute atomic E-state index is 0.430. The average molecular weight is 341 g/mol. The van der Waals surface area contributed by atoms with E-state index >= 15 is 0 Å². The second-order valence-electron chi connectivity index (χ2n) is 5.46. The van der Waals surface area contributed by atoms with Crippen LogP contribution in [0.5, 0.6) is 0 Å². The van der Waals surface area contributed by atoms with E-state index in [4.69, 9.17) is 18.0 Å². The topological polar surface area (TPSA) is 38.0 Å². The maximum atomic E-state index is 5.65. The van der Waals surface area contributed by atoms with Gasteiger partial charge in [0.1, 0.15) is 4.99 Å².